The van der Waals surface area contributed by atoms with Crippen LogP contribution in [-0.2, 0) is 9.59 Å². The number of rotatable bonds is 2. The number of hydrogen-bond donors (Lipinski definition) is 1. The van der Waals surface area contributed by atoms with Gasteiger partial charge in [0.05, 0.1) is 5.69 Å². The van der Waals surface area contributed by atoms with Crippen LogP contribution in [0.3, 0.4) is 0 Å². The standard InChI is InChI=1S/C11H12BrN3O2S/c1-6(16)18-8-3-10(17)15(5-8)9-2-7(12)4-14-11(9)13/h2,4,8H,3,5H2,1H3,(H2,13,14). The van der Waals surface area contributed by atoms with Gasteiger partial charge < -0.3 is 10.6 Å². The third-order valence-corrected chi connectivity index (χ3v) is 3.99. The number of thioether (sulfide) groups is 1. The van der Waals surface area contributed by atoms with E-state index >= 15 is 0 Å². The van der Waals surface area contributed by atoms with Crippen molar-refractivity contribution < 1.29 is 9.59 Å². The van der Waals surface area contributed by atoms with Crippen molar-refractivity contribution >= 4 is 50.2 Å². The molecule has 0 spiro atoms. The van der Waals surface area contributed by atoms with Crippen molar-refractivity contribution in [1.29, 1.82) is 0 Å². The van der Waals surface area contributed by atoms with E-state index in [1.54, 1.807) is 17.2 Å². The maximum atomic E-state index is 11.9. The van der Waals surface area contributed by atoms with Crippen LogP contribution in [0.1, 0.15) is 13.3 Å². The van der Waals surface area contributed by atoms with Crippen molar-refractivity contribution in [1.82, 2.24) is 4.98 Å². The molecule has 0 aromatic carbocycles. The van der Waals surface area contributed by atoms with Crippen LogP contribution in [0.5, 0.6) is 0 Å². The summed E-state index contributed by atoms with van der Waals surface area (Å²) in [7, 11) is 0. The fourth-order valence-electron chi connectivity index (χ4n) is 1.88. The Balaban J connectivity index is 2.21. The number of carbonyl (C=O) groups is 2. The van der Waals surface area contributed by atoms with E-state index in [0.29, 0.717) is 24.5 Å². The highest BCUT2D eigenvalue weighted by molar-refractivity contribution is 9.10. The minimum absolute atomic E-state index is 0.00613. The van der Waals surface area contributed by atoms with Crippen LogP contribution < -0.4 is 10.6 Å². The van der Waals surface area contributed by atoms with Gasteiger partial charge in [-0.1, -0.05) is 11.8 Å². The second-order valence-corrected chi connectivity index (χ2v) is 6.39. The summed E-state index contributed by atoms with van der Waals surface area (Å²) >= 11 is 4.50. The number of carbonyl (C=O) groups excluding carboxylic acids is 2. The zero-order valence-corrected chi connectivity index (χ0v) is 12.1. The lowest BCUT2D eigenvalue weighted by molar-refractivity contribution is -0.117. The predicted molar refractivity (Wildman–Crippen MR) is 75.4 cm³/mol. The molecule has 1 aliphatic rings. The molecular weight excluding hydrogens is 318 g/mol. The van der Waals surface area contributed by atoms with Crippen molar-refractivity contribution in [3.8, 4) is 0 Å². The topological polar surface area (TPSA) is 76.3 Å². The maximum Gasteiger partial charge on any atom is 0.228 e. The predicted octanol–water partition coefficient (Wildman–Crippen LogP) is 1.81. The number of amides is 1. The average Bonchev–Trinajstić information content (AvgIpc) is 2.62. The van der Waals surface area contributed by atoms with E-state index in [0.717, 1.165) is 4.47 Å². The molecule has 1 aromatic heterocycles. The SMILES string of the molecule is CC(=O)SC1CC(=O)N(c2cc(Br)cnc2N)C1. The van der Waals surface area contributed by atoms with Gasteiger partial charge in [0.15, 0.2) is 5.12 Å². The molecule has 2 N–H and O–H groups in total. The summed E-state index contributed by atoms with van der Waals surface area (Å²) in [5.41, 5.74) is 6.38. The Morgan fingerprint density at radius 2 is 2.39 bits per heavy atom. The molecule has 1 unspecified atom stereocenters. The van der Waals surface area contributed by atoms with E-state index in [1.807, 2.05) is 0 Å². The van der Waals surface area contributed by atoms with Crippen LogP contribution >= 0.6 is 27.7 Å². The largest absolute Gasteiger partial charge is 0.382 e. The van der Waals surface area contributed by atoms with Gasteiger partial charge in [-0.15, -0.1) is 0 Å². The van der Waals surface area contributed by atoms with Gasteiger partial charge in [0.1, 0.15) is 5.82 Å². The average molecular weight is 330 g/mol. The van der Waals surface area contributed by atoms with Crippen LogP contribution in [-0.4, -0.2) is 27.8 Å². The van der Waals surface area contributed by atoms with Crippen molar-refractivity contribution in [3.05, 3.63) is 16.7 Å². The molecule has 0 saturated carbocycles. The van der Waals surface area contributed by atoms with Gasteiger partial charge in [-0.2, -0.15) is 0 Å². The maximum absolute atomic E-state index is 11.9. The van der Waals surface area contributed by atoms with E-state index in [-0.39, 0.29) is 16.3 Å². The molecule has 7 heteroatoms. The normalized spacial score (nSPS) is 19.3. The Hall–Kier alpha value is -1.08. The molecule has 96 valence electrons. The lowest BCUT2D eigenvalue weighted by Crippen LogP contribution is -2.26. The number of nitrogen functional groups attached to an aromatic ring is 1. The molecule has 0 radical (unpaired) electrons. The number of aromatic nitrogens is 1. The molecule has 1 aliphatic heterocycles. The van der Waals surface area contributed by atoms with Crippen LogP contribution in [0.2, 0.25) is 0 Å². The highest BCUT2D eigenvalue weighted by Crippen LogP contribution is 2.32. The number of halogens is 1. The first kappa shape index (κ1) is 13.4. The van der Waals surface area contributed by atoms with Crippen LogP contribution in [0.15, 0.2) is 16.7 Å². The second-order valence-electron chi connectivity index (χ2n) is 4.00. The molecule has 0 aliphatic carbocycles. The monoisotopic (exact) mass is 329 g/mol. The summed E-state index contributed by atoms with van der Waals surface area (Å²) in [6.45, 7) is 2.00. The van der Waals surface area contributed by atoms with Gasteiger partial charge in [-0.3, -0.25) is 9.59 Å². The zero-order chi connectivity index (χ0) is 13.3. The van der Waals surface area contributed by atoms with E-state index < -0.39 is 0 Å². The fraction of sp³-hybridized carbons (Fsp3) is 0.364. The van der Waals surface area contributed by atoms with Gasteiger partial charge >= 0.3 is 0 Å². The molecule has 2 heterocycles. The van der Waals surface area contributed by atoms with Gasteiger partial charge in [-0.05, 0) is 22.0 Å². The van der Waals surface area contributed by atoms with Crippen LogP contribution in [0.25, 0.3) is 0 Å². The second kappa shape index (κ2) is 5.27. The Bertz CT molecular complexity index is 509. The smallest absolute Gasteiger partial charge is 0.228 e. The summed E-state index contributed by atoms with van der Waals surface area (Å²) in [5, 5.41) is 0.0170. The fourth-order valence-corrected chi connectivity index (χ4v) is 3.11. The van der Waals surface area contributed by atoms with Gasteiger partial charge in [0, 0.05) is 35.8 Å². The van der Waals surface area contributed by atoms with Gasteiger partial charge in [0.25, 0.3) is 0 Å². The molecule has 2 rings (SSSR count). The third kappa shape index (κ3) is 2.84. The lowest BCUT2D eigenvalue weighted by atomic mass is 10.3. The minimum Gasteiger partial charge on any atom is -0.382 e. The first-order chi connectivity index (χ1) is 8.47. The molecule has 1 saturated heterocycles. The third-order valence-electron chi connectivity index (χ3n) is 2.58. The summed E-state index contributed by atoms with van der Waals surface area (Å²) in [6.07, 6.45) is 1.94. The van der Waals surface area contributed by atoms with Gasteiger partial charge in [0.2, 0.25) is 5.91 Å². The van der Waals surface area contributed by atoms with Gasteiger partial charge in [-0.25, -0.2) is 4.98 Å². The number of nitrogens with zero attached hydrogens (tertiary/aromatic N) is 2. The zero-order valence-electron chi connectivity index (χ0n) is 9.72. The summed E-state index contributed by atoms with van der Waals surface area (Å²) in [4.78, 5) is 28.6. The molecule has 5 nitrogen and oxygen atoms in total. The summed E-state index contributed by atoms with van der Waals surface area (Å²) in [5.74, 6) is 0.292. The molecule has 0 bridgehead atoms. The Labute approximate surface area is 117 Å². The van der Waals surface area contributed by atoms with Crippen LogP contribution in [0.4, 0.5) is 11.5 Å². The van der Waals surface area contributed by atoms with Crippen molar-refractivity contribution in [2.24, 2.45) is 0 Å². The Kier molecular flexibility index (Phi) is 3.91. The van der Waals surface area contributed by atoms with E-state index in [2.05, 4.69) is 20.9 Å². The van der Waals surface area contributed by atoms with Crippen LogP contribution in [0, 0.1) is 0 Å². The summed E-state index contributed by atoms with van der Waals surface area (Å²) < 4.78 is 0.766. The quantitative estimate of drug-likeness (QED) is 0.895. The molecular formula is C11H12BrN3O2S. The number of nitrogens with two attached hydrogens (primary N) is 1. The Morgan fingerprint density at radius 1 is 1.67 bits per heavy atom. The highest BCUT2D eigenvalue weighted by Gasteiger charge is 2.33. The lowest BCUT2D eigenvalue weighted by Gasteiger charge is -2.18. The number of pyridine rings is 1. The summed E-state index contributed by atoms with van der Waals surface area (Å²) in [6, 6.07) is 1.76. The molecule has 1 atom stereocenters. The van der Waals surface area contributed by atoms with E-state index in [1.165, 1.54) is 18.7 Å². The molecule has 1 aromatic rings. The minimum atomic E-state index is -0.0275. The number of anilines is 2. The van der Waals surface area contributed by atoms with Crippen molar-refractivity contribution in [2.45, 2.75) is 18.6 Å². The Morgan fingerprint density at radius 3 is 3.06 bits per heavy atom. The molecule has 18 heavy (non-hydrogen) atoms. The molecule has 1 fully saturated rings. The van der Waals surface area contributed by atoms with E-state index in [9.17, 15) is 9.59 Å². The highest BCUT2D eigenvalue weighted by atomic mass is 79.9. The first-order valence-corrected chi connectivity index (χ1v) is 7.03. The van der Waals surface area contributed by atoms with Crippen molar-refractivity contribution in [3.63, 3.8) is 0 Å². The first-order valence-electron chi connectivity index (χ1n) is 5.36. The van der Waals surface area contributed by atoms with Crippen molar-refractivity contribution in [2.75, 3.05) is 17.2 Å². The number of hydrogen-bond acceptors (Lipinski definition) is 5. The van der Waals surface area contributed by atoms with E-state index in [4.69, 9.17) is 5.73 Å². The molecule has 1 amide bonds.